The van der Waals surface area contributed by atoms with E-state index >= 15 is 0 Å². The molecule has 19 heavy (non-hydrogen) atoms. The molecule has 0 heterocycles. The van der Waals surface area contributed by atoms with E-state index in [1.165, 1.54) is 5.56 Å². The average molecular weight is 262 g/mol. The molecule has 3 N–H and O–H groups in total. The number of benzene rings is 1. The summed E-state index contributed by atoms with van der Waals surface area (Å²) in [6, 6.07) is 7.88. The van der Waals surface area contributed by atoms with Gasteiger partial charge < -0.3 is 11.1 Å². The summed E-state index contributed by atoms with van der Waals surface area (Å²) in [5.74, 6) is -0.0376. The van der Waals surface area contributed by atoms with E-state index in [1.54, 1.807) is 0 Å². The summed E-state index contributed by atoms with van der Waals surface area (Å²) in [6.07, 6.45) is 1.94. The molecule has 0 fully saturated rings. The van der Waals surface area contributed by atoms with Crippen molar-refractivity contribution in [3.63, 3.8) is 0 Å². The van der Waals surface area contributed by atoms with Gasteiger partial charge in [-0.2, -0.15) is 0 Å². The van der Waals surface area contributed by atoms with Gasteiger partial charge in [-0.05, 0) is 29.5 Å². The molecule has 0 aliphatic carbocycles. The van der Waals surface area contributed by atoms with Crippen LogP contribution < -0.4 is 11.1 Å². The molecule has 1 aromatic carbocycles. The fraction of sp³-hybridized carbons (Fsp3) is 0.562. The van der Waals surface area contributed by atoms with Crippen molar-refractivity contribution < 1.29 is 4.79 Å². The molecule has 0 aliphatic heterocycles. The quantitative estimate of drug-likeness (QED) is 0.857. The normalized spacial score (nSPS) is 13.1. The second-order valence-corrected chi connectivity index (χ2v) is 6.02. The predicted molar refractivity (Wildman–Crippen MR) is 80.4 cm³/mol. The Morgan fingerprint density at radius 2 is 1.84 bits per heavy atom. The van der Waals surface area contributed by atoms with Crippen molar-refractivity contribution in [1.82, 2.24) is 5.32 Å². The molecule has 0 bridgehead atoms. The highest BCUT2D eigenvalue weighted by molar-refractivity contribution is 5.94. The summed E-state index contributed by atoms with van der Waals surface area (Å²) in [5, 5.41) is 2.98. The van der Waals surface area contributed by atoms with Crippen LogP contribution in [0.5, 0.6) is 0 Å². The number of nitrogens with two attached hydrogens (primary N) is 1. The number of carbonyl (C=O) groups excluding carboxylic acids is 1. The molecule has 1 unspecified atom stereocenters. The van der Waals surface area contributed by atoms with E-state index in [9.17, 15) is 4.79 Å². The van der Waals surface area contributed by atoms with Crippen LogP contribution in [0.25, 0.3) is 0 Å². The summed E-state index contributed by atoms with van der Waals surface area (Å²) >= 11 is 0. The van der Waals surface area contributed by atoms with Crippen LogP contribution in [0.15, 0.2) is 24.3 Å². The molecular weight excluding hydrogens is 236 g/mol. The maximum absolute atomic E-state index is 12.1. The lowest BCUT2D eigenvalue weighted by Gasteiger charge is -2.20. The van der Waals surface area contributed by atoms with Gasteiger partial charge in [0, 0.05) is 18.2 Å². The molecule has 0 spiro atoms. The predicted octanol–water partition coefficient (Wildman–Crippen LogP) is 2.84. The first-order valence-electron chi connectivity index (χ1n) is 7.00. The summed E-state index contributed by atoms with van der Waals surface area (Å²) in [6.45, 7) is 9.06. The molecule has 1 amide bonds. The molecule has 0 aromatic heterocycles. The summed E-state index contributed by atoms with van der Waals surface area (Å²) in [4.78, 5) is 12.1. The lowest BCUT2D eigenvalue weighted by atomic mass is 9.86. The van der Waals surface area contributed by atoms with Crippen molar-refractivity contribution in [2.45, 2.75) is 52.0 Å². The smallest absolute Gasteiger partial charge is 0.251 e. The minimum Gasteiger partial charge on any atom is -0.348 e. The Labute approximate surface area is 116 Å². The van der Waals surface area contributed by atoms with Gasteiger partial charge in [-0.3, -0.25) is 4.79 Å². The van der Waals surface area contributed by atoms with E-state index in [-0.39, 0.29) is 17.4 Å². The zero-order valence-corrected chi connectivity index (χ0v) is 12.5. The molecular formula is C16H26N2O. The van der Waals surface area contributed by atoms with Crippen molar-refractivity contribution in [2.75, 3.05) is 6.54 Å². The number of hydrogen-bond donors (Lipinski definition) is 2. The standard InChI is InChI=1S/C16H26N2O/c1-5-6-14(11-17)18-15(19)12-7-9-13(10-8-12)16(2,3)4/h7-10,14H,5-6,11,17H2,1-4H3,(H,18,19). The second kappa shape index (κ2) is 6.71. The Balaban J connectivity index is 2.73. The third-order valence-corrected chi connectivity index (χ3v) is 3.27. The third kappa shape index (κ3) is 4.67. The van der Waals surface area contributed by atoms with Crippen LogP contribution in [0.4, 0.5) is 0 Å². The Hall–Kier alpha value is -1.35. The second-order valence-electron chi connectivity index (χ2n) is 6.02. The lowest BCUT2D eigenvalue weighted by molar-refractivity contribution is 0.0936. The fourth-order valence-corrected chi connectivity index (χ4v) is 1.99. The molecule has 3 heteroatoms. The van der Waals surface area contributed by atoms with Gasteiger partial charge >= 0.3 is 0 Å². The monoisotopic (exact) mass is 262 g/mol. The topological polar surface area (TPSA) is 55.1 Å². The van der Waals surface area contributed by atoms with Crippen LogP contribution in [-0.4, -0.2) is 18.5 Å². The summed E-state index contributed by atoms with van der Waals surface area (Å²) in [5.41, 5.74) is 7.69. The first kappa shape index (κ1) is 15.7. The van der Waals surface area contributed by atoms with Crippen LogP contribution in [-0.2, 0) is 5.41 Å². The largest absolute Gasteiger partial charge is 0.348 e. The van der Waals surface area contributed by atoms with Gasteiger partial charge in [0.25, 0.3) is 5.91 Å². The maximum atomic E-state index is 12.1. The van der Waals surface area contributed by atoms with E-state index in [2.05, 4.69) is 33.0 Å². The van der Waals surface area contributed by atoms with Gasteiger partial charge in [0.2, 0.25) is 0 Å². The molecule has 1 atom stereocenters. The molecule has 3 nitrogen and oxygen atoms in total. The molecule has 106 valence electrons. The van der Waals surface area contributed by atoms with Crippen molar-refractivity contribution in [3.8, 4) is 0 Å². The number of hydrogen-bond acceptors (Lipinski definition) is 2. The Morgan fingerprint density at radius 3 is 2.26 bits per heavy atom. The van der Waals surface area contributed by atoms with Gasteiger partial charge in [0.15, 0.2) is 0 Å². The van der Waals surface area contributed by atoms with Gasteiger partial charge in [0.1, 0.15) is 0 Å². The zero-order valence-electron chi connectivity index (χ0n) is 12.5. The van der Waals surface area contributed by atoms with Gasteiger partial charge in [-0.1, -0.05) is 46.2 Å². The van der Waals surface area contributed by atoms with E-state index in [0.717, 1.165) is 12.8 Å². The molecule has 1 aromatic rings. The number of amides is 1. The Morgan fingerprint density at radius 1 is 1.26 bits per heavy atom. The number of nitrogens with one attached hydrogen (secondary N) is 1. The van der Waals surface area contributed by atoms with E-state index in [4.69, 9.17) is 5.73 Å². The number of rotatable bonds is 5. The Bertz CT molecular complexity index is 404. The Kier molecular flexibility index (Phi) is 5.55. The van der Waals surface area contributed by atoms with Crippen LogP contribution in [0, 0.1) is 0 Å². The number of carbonyl (C=O) groups is 1. The van der Waals surface area contributed by atoms with Crippen LogP contribution in [0.1, 0.15) is 56.5 Å². The molecule has 1 rings (SSSR count). The van der Waals surface area contributed by atoms with Crippen LogP contribution >= 0.6 is 0 Å². The molecule has 0 saturated heterocycles. The van der Waals surface area contributed by atoms with Gasteiger partial charge in [-0.25, -0.2) is 0 Å². The molecule has 0 aliphatic rings. The highest BCUT2D eigenvalue weighted by Gasteiger charge is 2.15. The van der Waals surface area contributed by atoms with Gasteiger partial charge in [0.05, 0.1) is 0 Å². The first-order chi connectivity index (χ1) is 8.88. The SMILES string of the molecule is CCCC(CN)NC(=O)c1ccc(C(C)(C)C)cc1. The average Bonchev–Trinajstić information content (AvgIpc) is 2.37. The highest BCUT2D eigenvalue weighted by atomic mass is 16.1. The fourth-order valence-electron chi connectivity index (χ4n) is 1.99. The lowest BCUT2D eigenvalue weighted by Crippen LogP contribution is -2.40. The minimum atomic E-state index is -0.0376. The zero-order chi connectivity index (χ0) is 14.5. The molecule has 0 saturated carbocycles. The maximum Gasteiger partial charge on any atom is 0.251 e. The van der Waals surface area contributed by atoms with Crippen LogP contribution in [0.2, 0.25) is 0 Å². The first-order valence-corrected chi connectivity index (χ1v) is 7.00. The van der Waals surface area contributed by atoms with Gasteiger partial charge in [-0.15, -0.1) is 0 Å². The van der Waals surface area contributed by atoms with E-state index in [0.29, 0.717) is 12.1 Å². The van der Waals surface area contributed by atoms with Crippen LogP contribution in [0.3, 0.4) is 0 Å². The highest BCUT2D eigenvalue weighted by Crippen LogP contribution is 2.22. The van der Waals surface area contributed by atoms with E-state index < -0.39 is 0 Å². The van der Waals surface area contributed by atoms with Crippen molar-refractivity contribution in [2.24, 2.45) is 5.73 Å². The summed E-state index contributed by atoms with van der Waals surface area (Å²) < 4.78 is 0. The van der Waals surface area contributed by atoms with Crippen molar-refractivity contribution >= 4 is 5.91 Å². The third-order valence-electron chi connectivity index (χ3n) is 3.27. The molecule has 0 radical (unpaired) electrons. The van der Waals surface area contributed by atoms with Crippen molar-refractivity contribution in [1.29, 1.82) is 0 Å². The van der Waals surface area contributed by atoms with Crippen molar-refractivity contribution in [3.05, 3.63) is 35.4 Å². The minimum absolute atomic E-state index is 0.0376. The van der Waals surface area contributed by atoms with E-state index in [1.807, 2.05) is 24.3 Å². The summed E-state index contributed by atoms with van der Waals surface area (Å²) in [7, 11) is 0.